The van der Waals surface area contributed by atoms with Crippen molar-refractivity contribution in [1.82, 2.24) is 25.7 Å². The second kappa shape index (κ2) is 11.6. The van der Waals surface area contributed by atoms with Crippen molar-refractivity contribution in [2.45, 2.75) is 31.0 Å². The molecular formula is C17H25N5O4SSe. The van der Waals surface area contributed by atoms with E-state index in [1.807, 2.05) is 37.3 Å². The first-order chi connectivity index (χ1) is 12.8. The van der Waals surface area contributed by atoms with Crippen LogP contribution in [0.1, 0.15) is 19.8 Å². The van der Waals surface area contributed by atoms with Gasteiger partial charge in [0.2, 0.25) is 0 Å². The second-order valence-corrected chi connectivity index (χ2v) is 6.64. The molecule has 28 heavy (non-hydrogen) atoms. The number of rotatable bonds is 3. The fourth-order valence-electron chi connectivity index (χ4n) is 2.73. The normalized spacial score (nSPS) is 18.8. The Kier molecular flexibility index (Phi) is 9.88. The summed E-state index contributed by atoms with van der Waals surface area (Å²) in [7, 11) is 0. The molecule has 1 aromatic carbocycles. The van der Waals surface area contributed by atoms with Crippen molar-refractivity contribution in [3.63, 3.8) is 0 Å². The first-order valence-electron chi connectivity index (χ1n) is 8.40. The molecule has 0 spiro atoms. The Bertz CT molecular complexity index is 761. The average molecular weight is 474 g/mol. The molecule has 2 amide bonds. The number of amides is 2. The van der Waals surface area contributed by atoms with E-state index in [1.54, 1.807) is 6.20 Å². The zero-order chi connectivity index (χ0) is 19.8. The van der Waals surface area contributed by atoms with Gasteiger partial charge in [-0.05, 0) is 18.8 Å². The number of carbonyl (C=O) groups is 2. The Labute approximate surface area is 178 Å². The Morgan fingerprint density at radius 1 is 1.25 bits per heavy atom. The van der Waals surface area contributed by atoms with E-state index < -0.39 is 18.4 Å². The summed E-state index contributed by atoms with van der Waals surface area (Å²) in [6.07, 6.45) is 0.409. The van der Waals surface area contributed by atoms with Crippen LogP contribution in [0.15, 0.2) is 41.6 Å². The predicted octanol–water partition coefficient (Wildman–Crippen LogP) is 1.94. The number of benzene rings is 1. The quantitative estimate of drug-likeness (QED) is 0.298. The van der Waals surface area contributed by atoms with Crippen LogP contribution in [0.3, 0.4) is 0 Å². The second-order valence-electron chi connectivity index (χ2n) is 6.18. The summed E-state index contributed by atoms with van der Waals surface area (Å²) in [4.78, 5) is 28.2. The number of thiol groups is 1. The monoisotopic (exact) mass is 475 g/mol. The van der Waals surface area contributed by atoms with Gasteiger partial charge in [0.25, 0.3) is 0 Å². The van der Waals surface area contributed by atoms with Gasteiger partial charge < -0.3 is 20.5 Å². The number of H-pyrrole nitrogens is 1. The van der Waals surface area contributed by atoms with E-state index in [9.17, 15) is 9.59 Å². The maximum atomic E-state index is 10.5. The van der Waals surface area contributed by atoms with E-state index in [0.717, 1.165) is 17.8 Å². The first kappa shape index (κ1) is 23.8. The minimum absolute atomic E-state index is 0. The summed E-state index contributed by atoms with van der Waals surface area (Å²) in [6, 6.07) is 9.96. The van der Waals surface area contributed by atoms with Gasteiger partial charge in [0.05, 0.1) is 0 Å². The van der Waals surface area contributed by atoms with E-state index in [-0.39, 0.29) is 17.1 Å². The molecule has 5 N–H and O–H groups in total. The zero-order valence-electron chi connectivity index (χ0n) is 15.3. The van der Waals surface area contributed by atoms with Gasteiger partial charge in [0, 0.05) is 18.3 Å². The van der Waals surface area contributed by atoms with Crippen LogP contribution in [0.25, 0.3) is 11.4 Å². The summed E-state index contributed by atoms with van der Waals surface area (Å²) in [5.74, 6) is 1.24. The number of aromatic amines is 1. The third-order valence-corrected chi connectivity index (χ3v) is 4.23. The number of aromatic nitrogens is 2. The number of nitrogens with zero attached hydrogens (tertiary/aromatic N) is 2. The van der Waals surface area contributed by atoms with E-state index >= 15 is 0 Å². The number of nitrogens with one attached hydrogen (secondary N) is 3. The minimum atomic E-state index is -1.18. The van der Waals surface area contributed by atoms with E-state index in [1.165, 1.54) is 5.01 Å². The van der Waals surface area contributed by atoms with Crippen molar-refractivity contribution in [3.8, 4) is 11.4 Å². The Morgan fingerprint density at radius 3 is 2.46 bits per heavy atom. The molecule has 2 aromatic rings. The molecule has 1 fully saturated rings. The average Bonchev–Trinajstić information content (AvgIpc) is 3.04. The van der Waals surface area contributed by atoms with Gasteiger partial charge in [-0.25, -0.2) is 14.6 Å². The molecule has 11 heteroatoms. The summed E-state index contributed by atoms with van der Waals surface area (Å²) >= 11 is 4.11. The maximum absolute atomic E-state index is 10.5. The SMILES string of the molecule is CC1CCN(NC(=O)O)C(NC(=O)O)C1.Sc1c[nH]c(-c2ccccc2)n1.[SeH2]. The Balaban J connectivity index is 0.000000275. The molecule has 154 valence electrons. The molecule has 3 rings (SSSR count). The summed E-state index contributed by atoms with van der Waals surface area (Å²) in [6.45, 7) is 2.52. The molecule has 1 aliphatic rings. The molecule has 0 bridgehead atoms. The molecule has 2 unspecified atom stereocenters. The van der Waals surface area contributed by atoms with Crippen molar-refractivity contribution in [2.75, 3.05) is 6.54 Å². The van der Waals surface area contributed by atoms with Gasteiger partial charge in [0.1, 0.15) is 17.0 Å². The first-order valence-corrected chi connectivity index (χ1v) is 8.85. The van der Waals surface area contributed by atoms with Crippen LogP contribution in [0.5, 0.6) is 0 Å². The Hall–Kier alpha value is -2.20. The number of carboxylic acid groups (broad SMARTS) is 2. The van der Waals surface area contributed by atoms with Crippen molar-refractivity contribution in [2.24, 2.45) is 5.92 Å². The number of hydrazine groups is 1. The Morgan fingerprint density at radius 2 is 1.93 bits per heavy atom. The third-order valence-electron chi connectivity index (χ3n) is 4.01. The van der Waals surface area contributed by atoms with Crippen LogP contribution in [0.2, 0.25) is 0 Å². The summed E-state index contributed by atoms with van der Waals surface area (Å²) in [5, 5.41) is 21.5. The van der Waals surface area contributed by atoms with Gasteiger partial charge in [-0.3, -0.25) is 5.43 Å². The van der Waals surface area contributed by atoms with Crippen LogP contribution in [-0.4, -0.2) is 67.2 Å². The standard InChI is InChI=1S/C9H8N2S.C8H15N3O4.H2Se/c12-8-6-10-9(11-8)7-4-2-1-3-5-7;1-5-2-3-11(10-8(14)15)6(4-5)9-7(12)13;/h1-6,12H,(H,10,11);5-6,9-10H,2-4H2,1H3,(H,12,13)(H,14,15);1H2. The molecule has 1 aliphatic heterocycles. The van der Waals surface area contributed by atoms with Gasteiger partial charge in [-0.1, -0.05) is 37.3 Å². The molecular weight excluding hydrogens is 449 g/mol. The number of hydrogen-bond acceptors (Lipinski definition) is 5. The van der Waals surface area contributed by atoms with Crippen molar-refractivity contribution in [1.29, 1.82) is 0 Å². The molecule has 2 heterocycles. The fraction of sp³-hybridized carbons (Fsp3) is 0.353. The molecule has 0 saturated carbocycles. The van der Waals surface area contributed by atoms with E-state index in [2.05, 4.69) is 33.3 Å². The molecule has 9 nitrogen and oxygen atoms in total. The van der Waals surface area contributed by atoms with Gasteiger partial charge in [-0.15, -0.1) is 12.6 Å². The molecule has 0 radical (unpaired) electrons. The number of hydrogen-bond donors (Lipinski definition) is 6. The zero-order valence-corrected chi connectivity index (χ0v) is 18.3. The third kappa shape index (κ3) is 7.81. The number of piperidine rings is 1. The fourth-order valence-corrected chi connectivity index (χ4v) is 2.90. The van der Waals surface area contributed by atoms with Crippen LogP contribution in [0.4, 0.5) is 9.59 Å². The van der Waals surface area contributed by atoms with Crippen LogP contribution in [0, 0.1) is 5.92 Å². The van der Waals surface area contributed by atoms with Gasteiger partial charge >= 0.3 is 29.3 Å². The van der Waals surface area contributed by atoms with E-state index in [0.29, 0.717) is 23.9 Å². The van der Waals surface area contributed by atoms with Crippen molar-refractivity contribution in [3.05, 3.63) is 36.5 Å². The predicted molar refractivity (Wildman–Crippen MR) is 111 cm³/mol. The van der Waals surface area contributed by atoms with Crippen molar-refractivity contribution < 1.29 is 19.8 Å². The molecule has 2 atom stereocenters. The summed E-state index contributed by atoms with van der Waals surface area (Å²) in [5.41, 5.74) is 3.26. The van der Waals surface area contributed by atoms with Gasteiger partial charge in [-0.2, -0.15) is 5.01 Å². The van der Waals surface area contributed by atoms with Crippen LogP contribution in [-0.2, 0) is 0 Å². The van der Waals surface area contributed by atoms with Crippen LogP contribution < -0.4 is 10.7 Å². The molecule has 1 aromatic heterocycles. The molecule has 0 aliphatic carbocycles. The molecule has 1 saturated heterocycles. The van der Waals surface area contributed by atoms with Crippen LogP contribution >= 0.6 is 12.6 Å². The topological polar surface area (TPSA) is 131 Å². The van der Waals surface area contributed by atoms with Gasteiger partial charge in [0.15, 0.2) is 0 Å². The van der Waals surface area contributed by atoms with E-state index in [4.69, 9.17) is 10.2 Å². The summed E-state index contributed by atoms with van der Waals surface area (Å²) < 4.78 is 0. The number of imidazole rings is 1. The van der Waals surface area contributed by atoms with Crippen molar-refractivity contribution >= 4 is 41.9 Å².